The number of allylic oxidation sites excluding steroid dienone is 1. The summed E-state index contributed by atoms with van der Waals surface area (Å²) in [5.41, 5.74) is 0.600. The molecule has 1 aliphatic rings. The second kappa shape index (κ2) is 4.38. The van der Waals surface area contributed by atoms with E-state index in [1.165, 1.54) is 0 Å². The van der Waals surface area contributed by atoms with Crippen LogP contribution in [-0.2, 0) is 14.3 Å². The van der Waals surface area contributed by atoms with Crippen LogP contribution >= 0.6 is 0 Å². The molecule has 0 spiro atoms. The van der Waals surface area contributed by atoms with Crippen molar-refractivity contribution in [3.8, 4) is 0 Å². The van der Waals surface area contributed by atoms with Crippen molar-refractivity contribution >= 4 is 5.78 Å². The monoisotopic (exact) mass is 170 g/mol. The molecule has 0 N–H and O–H groups in total. The third kappa shape index (κ3) is 2.75. The molecule has 68 valence electrons. The van der Waals surface area contributed by atoms with E-state index >= 15 is 0 Å². The van der Waals surface area contributed by atoms with Crippen molar-refractivity contribution in [1.29, 1.82) is 0 Å². The Hall–Kier alpha value is -0.670. The number of ether oxygens (including phenoxy) is 2. The SMILES string of the molecule is C=C(C)C(=O)CCOC1COC1. The second-order valence-electron chi connectivity index (χ2n) is 2.98. The topological polar surface area (TPSA) is 35.5 Å². The van der Waals surface area contributed by atoms with Gasteiger partial charge in [0.25, 0.3) is 0 Å². The molecular formula is C9H14O3. The zero-order valence-electron chi connectivity index (χ0n) is 7.34. The summed E-state index contributed by atoms with van der Waals surface area (Å²) >= 11 is 0. The predicted octanol–water partition coefficient (Wildman–Crippen LogP) is 0.937. The molecule has 1 rings (SSSR count). The third-order valence-corrected chi connectivity index (χ3v) is 1.77. The molecule has 3 heteroatoms. The van der Waals surface area contributed by atoms with Gasteiger partial charge in [0, 0.05) is 6.42 Å². The number of carbonyl (C=O) groups is 1. The van der Waals surface area contributed by atoms with Gasteiger partial charge < -0.3 is 9.47 Å². The number of hydrogen-bond acceptors (Lipinski definition) is 3. The number of rotatable bonds is 5. The molecule has 0 bridgehead atoms. The first-order valence-corrected chi connectivity index (χ1v) is 4.08. The Balaban J connectivity index is 2.01. The highest BCUT2D eigenvalue weighted by molar-refractivity contribution is 5.94. The van der Waals surface area contributed by atoms with E-state index in [1.807, 2.05) is 0 Å². The van der Waals surface area contributed by atoms with Gasteiger partial charge in [-0.1, -0.05) is 6.58 Å². The van der Waals surface area contributed by atoms with Crippen LogP contribution in [0.3, 0.4) is 0 Å². The fraction of sp³-hybridized carbons (Fsp3) is 0.667. The van der Waals surface area contributed by atoms with Crippen LogP contribution in [-0.4, -0.2) is 31.7 Å². The van der Waals surface area contributed by atoms with Gasteiger partial charge in [-0.2, -0.15) is 0 Å². The molecule has 1 aliphatic heterocycles. The molecule has 0 aliphatic carbocycles. The van der Waals surface area contributed by atoms with E-state index in [9.17, 15) is 4.79 Å². The average molecular weight is 170 g/mol. The summed E-state index contributed by atoms with van der Waals surface area (Å²) in [6.07, 6.45) is 0.647. The van der Waals surface area contributed by atoms with Crippen molar-refractivity contribution in [1.82, 2.24) is 0 Å². The van der Waals surface area contributed by atoms with E-state index in [-0.39, 0.29) is 11.9 Å². The third-order valence-electron chi connectivity index (χ3n) is 1.77. The summed E-state index contributed by atoms with van der Waals surface area (Å²) in [6.45, 7) is 7.10. The maximum Gasteiger partial charge on any atom is 0.160 e. The van der Waals surface area contributed by atoms with E-state index < -0.39 is 0 Å². The Morgan fingerprint density at radius 1 is 1.67 bits per heavy atom. The Bertz CT molecular complexity index is 182. The number of carbonyl (C=O) groups excluding carboxylic acids is 1. The molecule has 12 heavy (non-hydrogen) atoms. The zero-order valence-corrected chi connectivity index (χ0v) is 7.34. The van der Waals surface area contributed by atoms with Crippen LogP contribution in [0, 0.1) is 0 Å². The molecule has 1 saturated heterocycles. The number of ketones is 1. The lowest BCUT2D eigenvalue weighted by atomic mass is 10.2. The van der Waals surface area contributed by atoms with Gasteiger partial charge in [-0.25, -0.2) is 0 Å². The molecule has 0 unspecified atom stereocenters. The molecule has 1 fully saturated rings. The Morgan fingerprint density at radius 2 is 2.33 bits per heavy atom. The summed E-state index contributed by atoms with van der Waals surface area (Å²) in [4.78, 5) is 11.0. The van der Waals surface area contributed by atoms with Crippen LogP contribution in [0.5, 0.6) is 0 Å². The maximum atomic E-state index is 11.0. The van der Waals surface area contributed by atoms with E-state index in [0.717, 1.165) is 0 Å². The molecule has 0 saturated carbocycles. The second-order valence-corrected chi connectivity index (χ2v) is 2.98. The van der Waals surface area contributed by atoms with Crippen LogP contribution in [0.2, 0.25) is 0 Å². The van der Waals surface area contributed by atoms with Crippen molar-refractivity contribution in [3.05, 3.63) is 12.2 Å². The molecule has 0 radical (unpaired) electrons. The van der Waals surface area contributed by atoms with Gasteiger partial charge in [0.2, 0.25) is 0 Å². The maximum absolute atomic E-state index is 11.0. The van der Waals surface area contributed by atoms with Crippen molar-refractivity contribution in [2.75, 3.05) is 19.8 Å². The van der Waals surface area contributed by atoms with Gasteiger partial charge >= 0.3 is 0 Å². The van der Waals surface area contributed by atoms with Crippen LogP contribution in [0.4, 0.5) is 0 Å². The Labute approximate surface area is 72.4 Å². The fourth-order valence-electron chi connectivity index (χ4n) is 0.842. The highest BCUT2D eigenvalue weighted by atomic mass is 16.6. The normalized spacial score (nSPS) is 17.1. The number of Topliss-reactive ketones (excluding diaryl/α,β-unsaturated/α-hetero) is 1. The first-order valence-electron chi connectivity index (χ1n) is 4.08. The summed E-state index contributed by atoms with van der Waals surface area (Å²) in [5.74, 6) is 0.0789. The fourth-order valence-corrected chi connectivity index (χ4v) is 0.842. The Morgan fingerprint density at radius 3 is 2.75 bits per heavy atom. The lowest BCUT2D eigenvalue weighted by molar-refractivity contribution is -0.135. The van der Waals surface area contributed by atoms with Crippen molar-refractivity contribution in [2.45, 2.75) is 19.4 Å². The van der Waals surface area contributed by atoms with Crippen LogP contribution in [0.25, 0.3) is 0 Å². The first kappa shape index (κ1) is 9.42. The molecule has 0 aromatic carbocycles. The van der Waals surface area contributed by atoms with E-state index in [0.29, 0.717) is 31.8 Å². The number of hydrogen-bond donors (Lipinski definition) is 0. The molecule has 0 aromatic rings. The van der Waals surface area contributed by atoms with Crippen molar-refractivity contribution in [3.63, 3.8) is 0 Å². The molecule has 0 amide bonds. The quantitative estimate of drug-likeness (QED) is 0.576. The van der Waals surface area contributed by atoms with Gasteiger partial charge in [0.1, 0.15) is 6.10 Å². The molecule has 0 aromatic heterocycles. The molecule has 0 atom stereocenters. The van der Waals surface area contributed by atoms with Crippen LogP contribution < -0.4 is 0 Å². The minimum atomic E-state index is 0.0789. The van der Waals surface area contributed by atoms with E-state index in [2.05, 4.69) is 6.58 Å². The van der Waals surface area contributed by atoms with Gasteiger partial charge in [0.15, 0.2) is 5.78 Å². The van der Waals surface area contributed by atoms with Gasteiger partial charge in [-0.05, 0) is 12.5 Å². The smallest absolute Gasteiger partial charge is 0.160 e. The highest BCUT2D eigenvalue weighted by Gasteiger charge is 2.18. The van der Waals surface area contributed by atoms with E-state index in [1.54, 1.807) is 6.92 Å². The molecular weight excluding hydrogens is 156 g/mol. The molecule has 3 nitrogen and oxygen atoms in total. The van der Waals surface area contributed by atoms with Gasteiger partial charge in [-0.3, -0.25) is 4.79 Å². The van der Waals surface area contributed by atoms with Crippen molar-refractivity contribution in [2.24, 2.45) is 0 Å². The average Bonchev–Trinajstić information content (AvgIpc) is 1.93. The summed E-state index contributed by atoms with van der Waals surface area (Å²) in [7, 11) is 0. The summed E-state index contributed by atoms with van der Waals surface area (Å²) in [5, 5.41) is 0. The molecule has 1 heterocycles. The predicted molar refractivity (Wildman–Crippen MR) is 45.0 cm³/mol. The van der Waals surface area contributed by atoms with Gasteiger partial charge in [-0.15, -0.1) is 0 Å². The van der Waals surface area contributed by atoms with E-state index in [4.69, 9.17) is 9.47 Å². The highest BCUT2D eigenvalue weighted by Crippen LogP contribution is 2.06. The lowest BCUT2D eigenvalue weighted by Crippen LogP contribution is -2.36. The lowest BCUT2D eigenvalue weighted by Gasteiger charge is -2.25. The zero-order chi connectivity index (χ0) is 8.97. The van der Waals surface area contributed by atoms with Gasteiger partial charge in [0.05, 0.1) is 19.8 Å². The minimum Gasteiger partial charge on any atom is -0.376 e. The summed E-state index contributed by atoms with van der Waals surface area (Å²) < 4.78 is 10.2. The largest absolute Gasteiger partial charge is 0.376 e. The summed E-state index contributed by atoms with van der Waals surface area (Å²) in [6, 6.07) is 0. The first-order chi connectivity index (χ1) is 5.70. The minimum absolute atomic E-state index is 0.0789. The standard InChI is InChI=1S/C9H14O3/c1-7(2)9(10)3-4-12-8-5-11-6-8/h8H,1,3-6H2,2H3. The van der Waals surface area contributed by atoms with Crippen molar-refractivity contribution < 1.29 is 14.3 Å². The van der Waals surface area contributed by atoms with Crippen LogP contribution in [0.1, 0.15) is 13.3 Å². The Kier molecular flexibility index (Phi) is 3.44. The van der Waals surface area contributed by atoms with Crippen LogP contribution in [0.15, 0.2) is 12.2 Å².